The van der Waals surface area contributed by atoms with Gasteiger partial charge >= 0.3 is 0 Å². The lowest BCUT2D eigenvalue weighted by atomic mass is 9.97. The molecule has 0 aromatic heterocycles. The topological polar surface area (TPSA) is 49.5 Å². The molecule has 1 aromatic rings. The average molecular weight is 238 g/mol. The van der Waals surface area contributed by atoms with E-state index in [0.29, 0.717) is 18.2 Å². The summed E-state index contributed by atoms with van der Waals surface area (Å²) in [4.78, 5) is 2.05. The minimum absolute atomic E-state index is 0.199. The molecule has 1 aliphatic heterocycles. The number of hydrogen-bond acceptors (Lipinski definition) is 3. The summed E-state index contributed by atoms with van der Waals surface area (Å²) >= 11 is 0. The second-order valence-corrected chi connectivity index (χ2v) is 4.56. The lowest BCUT2D eigenvalue weighted by Crippen LogP contribution is -2.36. The third-order valence-electron chi connectivity index (χ3n) is 3.48. The Bertz CT molecular complexity index is 376. The summed E-state index contributed by atoms with van der Waals surface area (Å²) < 4.78 is 13.9. The van der Waals surface area contributed by atoms with Crippen LogP contribution < -0.4 is 10.6 Å². The third-order valence-corrected chi connectivity index (χ3v) is 3.48. The van der Waals surface area contributed by atoms with Crippen LogP contribution >= 0.6 is 0 Å². The van der Waals surface area contributed by atoms with E-state index >= 15 is 0 Å². The van der Waals surface area contributed by atoms with Crippen molar-refractivity contribution in [3.05, 3.63) is 29.6 Å². The van der Waals surface area contributed by atoms with Gasteiger partial charge in [-0.25, -0.2) is 4.39 Å². The molecule has 1 fully saturated rings. The fourth-order valence-corrected chi connectivity index (χ4v) is 2.42. The average Bonchev–Trinajstić information content (AvgIpc) is 2.38. The summed E-state index contributed by atoms with van der Waals surface area (Å²) in [5, 5.41) is 9.09. The summed E-state index contributed by atoms with van der Waals surface area (Å²) in [5.74, 6) is 0.162. The van der Waals surface area contributed by atoms with E-state index in [9.17, 15) is 4.39 Å². The van der Waals surface area contributed by atoms with Gasteiger partial charge in [-0.05, 0) is 30.4 Å². The number of anilines is 1. The van der Waals surface area contributed by atoms with Crippen LogP contribution in [0.25, 0.3) is 0 Å². The highest BCUT2D eigenvalue weighted by Crippen LogP contribution is 2.28. The van der Waals surface area contributed by atoms with Crippen molar-refractivity contribution in [2.45, 2.75) is 19.4 Å². The smallest absolute Gasteiger partial charge is 0.146 e. The van der Waals surface area contributed by atoms with Gasteiger partial charge in [-0.1, -0.05) is 12.1 Å². The Kier molecular flexibility index (Phi) is 3.97. The Morgan fingerprint density at radius 2 is 2.06 bits per heavy atom. The number of hydrogen-bond donors (Lipinski definition) is 2. The zero-order valence-electron chi connectivity index (χ0n) is 9.90. The molecule has 17 heavy (non-hydrogen) atoms. The number of nitrogens with two attached hydrogens (primary N) is 1. The second-order valence-electron chi connectivity index (χ2n) is 4.56. The van der Waals surface area contributed by atoms with Crippen LogP contribution in [0.5, 0.6) is 0 Å². The minimum atomic E-state index is -0.199. The Hall–Kier alpha value is -1.13. The molecule has 2 rings (SSSR count). The molecular formula is C13H19FN2O. The maximum Gasteiger partial charge on any atom is 0.146 e. The van der Waals surface area contributed by atoms with Crippen LogP contribution in [-0.2, 0) is 6.54 Å². The molecule has 3 nitrogen and oxygen atoms in total. The summed E-state index contributed by atoms with van der Waals surface area (Å²) in [6, 6.07) is 5.05. The van der Waals surface area contributed by atoms with E-state index in [1.54, 1.807) is 6.07 Å². The molecule has 0 amide bonds. The Morgan fingerprint density at radius 3 is 2.65 bits per heavy atom. The zero-order valence-corrected chi connectivity index (χ0v) is 9.90. The van der Waals surface area contributed by atoms with E-state index in [1.165, 1.54) is 6.07 Å². The van der Waals surface area contributed by atoms with Crippen molar-refractivity contribution in [1.82, 2.24) is 0 Å². The van der Waals surface area contributed by atoms with E-state index in [2.05, 4.69) is 0 Å². The van der Waals surface area contributed by atoms with E-state index in [1.807, 2.05) is 11.0 Å². The number of nitrogens with zero attached hydrogens (tertiary/aromatic N) is 1. The molecule has 1 aliphatic rings. The lowest BCUT2D eigenvalue weighted by Gasteiger charge is -2.34. The Balaban J connectivity index is 2.17. The molecule has 3 N–H and O–H groups in total. The quantitative estimate of drug-likeness (QED) is 0.839. The van der Waals surface area contributed by atoms with Crippen molar-refractivity contribution < 1.29 is 9.50 Å². The number of aliphatic hydroxyl groups is 1. The number of piperidine rings is 1. The maximum absolute atomic E-state index is 13.9. The maximum atomic E-state index is 13.9. The van der Waals surface area contributed by atoms with Crippen LogP contribution in [0.1, 0.15) is 18.4 Å². The van der Waals surface area contributed by atoms with Gasteiger partial charge in [-0.15, -0.1) is 0 Å². The first-order chi connectivity index (χ1) is 8.26. The molecular weight excluding hydrogens is 219 g/mol. The predicted octanol–water partition coefficient (Wildman–Crippen LogP) is 1.49. The third kappa shape index (κ3) is 2.58. The SMILES string of the molecule is NCc1cccc(F)c1N1CCC(CO)CC1. The van der Waals surface area contributed by atoms with Crippen LogP contribution in [0, 0.1) is 11.7 Å². The number of rotatable bonds is 3. The fraction of sp³-hybridized carbons (Fsp3) is 0.538. The number of para-hydroxylation sites is 1. The number of aliphatic hydroxyl groups excluding tert-OH is 1. The molecule has 0 saturated carbocycles. The standard InChI is InChI=1S/C13H19FN2O/c14-12-3-1-2-11(8-15)13(12)16-6-4-10(9-17)5-7-16/h1-3,10,17H,4-9,15H2. The molecule has 0 aliphatic carbocycles. The van der Waals surface area contributed by atoms with E-state index in [4.69, 9.17) is 10.8 Å². The van der Waals surface area contributed by atoms with Crippen molar-refractivity contribution in [2.75, 3.05) is 24.6 Å². The van der Waals surface area contributed by atoms with Crippen LogP contribution in [0.3, 0.4) is 0 Å². The van der Waals surface area contributed by atoms with Crippen molar-refractivity contribution >= 4 is 5.69 Å². The summed E-state index contributed by atoms with van der Waals surface area (Å²) in [5.41, 5.74) is 7.15. The normalized spacial score (nSPS) is 17.5. The second kappa shape index (κ2) is 5.47. The number of halogens is 1. The van der Waals surface area contributed by atoms with Crippen LogP contribution in [-0.4, -0.2) is 24.8 Å². The molecule has 0 radical (unpaired) electrons. The molecule has 4 heteroatoms. The Morgan fingerprint density at radius 1 is 1.35 bits per heavy atom. The van der Waals surface area contributed by atoms with Crippen molar-refractivity contribution in [2.24, 2.45) is 11.7 Å². The van der Waals surface area contributed by atoms with Crippen molar-refractivity contribution in [3.63, 3.8) is 0 Å². The van der Waals surface area contributed by atoms with Crippen LogP contribution in [0.2, 0.25) is 0 Å². The van der Waals surface area contributed by atoms with Gasteiger partial charge in [0.25, 0.3) is 0 Å². The van der Waals surface area contributed by atoms with Gasteiger partial charge in [0.05, 0.1) is 5.69 Å². The number of benzene rings is 1. The molecule has 1 saturated heterocycles. The van der Waals surface area contributed by atoms with Gasteiger partial charge in [-0.3, -0.25) is 0 Å². The van der Waals surface area contributed by atoms with Crippen LogP contribution in [0.4, 0.5) is 10.1 Å². The fourth-order valence-electron chi connectivity index (χ4n) is 2.42. The van der Waals surface area contributed by atoms with Crippen molar-refractivity contribution in [1.29, 1.82) is 0 Å². The van der Waals surface area contributed by atoms with Gasteiger partial charge in [0.1, 0.15) is 5.82 Å². The zero-order chi connectivity index (χ0) is 12.3. The lowest BCUT2D eigenvalue weighted by molar-refractivity contribution is 0.202. The predicted molar refractivity (Wildman–Crippen MR) is 66.3 cm³/mol. The van der Waals surface area contributed by atoms with E-state index in [-0.39, 0.29) is 12.4 Å². The van der Waals surface area contributed by atoms with Gasteiger partial charge in [0.2, 0.25) is 0 Å². The first kappa shape index (κ1) is 12.3. The minimum Gasteiger partial charge on any atom is -0.396 e. The van der Waals surface area contributed by atoms with E-state index < -0.39 is 0 Å². The summed E-state index contributed by atoms with van der Waals surface area (Å²) in [6.45, 7) is 2.17. The molecule has 94 valence electrons. The molecule has 1 heterocycles. The summed E-state index contributed by atoms with van der Waals surface area (Å²) in [7, 11) is 0. The monoisotopic (exact) mass is 238 g/mol. The largest absolute Gasteiger partial charge is 0.396 e. The van der Waals surface area contributed by atoms with E-state index in [0.717, 1.165) is 31.5 Å². The highest BCUT2D eigenvalue weighted by molar-refractivity contribution is 5.55. The first-order valence-electron chi connectivity index (χ1n) is 6.09. The highest BCUT2D eigenvalue weighted by Gasteiger charge is 2.22. The molecule has 0 unspecified atom stereocenters. The van der Waals surface area contributed by atoms with Gasteiger partial charge in [0, 0.05) is 26.2 Å². The first-order valence-corrected chi connectivity index (χ1v) is 6.09. The summed E-state index contributed by atoms with van der Waals surface area (Å²) in [6.07, 6.45) is 1.82. The van der Waals surface area contributed by atoms with Crippen molar-refractivity contribution in [3.8, 4) is 0 Å². The molecule has 1 aromatic carbocycles. The molecule has 0 spiro atoms. The van der Waals surface area contributed by atoms with Gasteiger partial charge in [0.15, 0.2) is 0 Å². The molecule has 0 atom stereocenters. The highest BCUT2D eigenvalue weighted by atomic mass is 19.1. The molecule has 0 bridgehead atoms. The van der Waals surface area contributed by atoms with Gasteiger partial charge in [-0.2, -0.15) is 0 Å². The van der Waals surface area contributed by atoms with Crippen LogP contribution in [0.15, 0.2) is 18.2 Å². The Labute approximate surface area is 101 Å². The van der Waals surface area contributed by atoms with Gasteiger partial charge < -0.3 is 15.7 Å².